The normalized spacial score (nSPS) is 18.6. The van der Waals surface area contributed by atoms with Gasteiger partial charge in [0.15, 0.2) is 0 Å². The van der Waals surface area contributed by atoms with Gasteiger partial charge < -0.3 is 10.2 Å². The average Bonchev–Trinajstić information content (AvgIpc) is 2.99. The van der Waals surface area contributed by atoms with Crippen molar-refractivity contribution in [2.45, 2.75) is 52.1 Å². The van der Waals surface area contributed by atoms with Crippen LogP contribution in [0.2, 0.25) is 0 Å². The van der Waals surface area contributed by atoms with E-state index in [1.54, 1.807) is 0 Å². The Balaban J connectivity index is 1.88. The largest absolute Gasteiger partial charge is 0.314 e. The molecule has 1 fully saturated rings. The molecule has 0 bridgehead atoms. The zero-order valence-electron chi connectivity index (χ0n) is 12.6. The van der Waals surface area contributed by atoms with Crippen molar-refractivity contribution in [3.8, 4) is 0 Å². The van der Waals surface area contributed by atoms with Gasteiger partial charge in [0.05, 0.1) is 0 Å². The third-order valence-corrected chi connectivity index (χ3v) is 5.02. The molecule has 1 N–H and O–H groups in total. The van der Waals surface area contributed by atoms with Gasteiger partial charge in [-0.3, -0.25) is 0 Å². The minimum Gasteiger partial charge on any atom is -0.314 e. The Bertz CT molecular complexity index is 353. The highest BCUT2D eigenvalue weighted by Crippen LogP contribution is 2.38. The quantitative estimate of drug-likeness (QED) is 0.818. The molecule has 0 aliphatic heterocycles. The minimum atomic E-state index is 0.510. The highest BCUT2D eigenvalue weighted by molar-refractivity contribution is 7.09. The Labute approximate surface area is 122 Å². The van der Waals surface area contributed by atoms with Gasteiger partial charge in [-0.2, -0.15) is 0 Å². The van der Waals surface area contributed by atoms with Gasteiger partial charge in [-0.15, -0.1) is 11.3 Å². The van der Waals surface area contributed by atoms with Gasteiger partial charge in [0.2, 0.25) is 0 Å². The second-order valence-corrected chi connectivity index (χ2v) is 7.53. The first-order valence-corrected chi connectivity index (χ1v) is 8.42. The van der Waals surface area contributed by atoms with Gasteiger partial charge in [-0.1, -0.05) is 32.8 Å². The average molecular weight is 280 g/mol. The third kappa shape index (κ3) is 4.59. The molecule has 0 unspecified atom stereocenters. The van der Waals surface area contributed by atoms with Gasteiger partial charge in [-0.05, 0) is 36.8 Å². The van der Waals surface area contributed by atoms with Crippen LogP contribution in [-0.2, 0) is 6.54 Å². The molecule has 2 rings (SSSR count). The van der Waals surface area contributed by atoms with Crippen LogP contribution < -0.4 is 5.32 Å². The standard InChI is InChI=1S/C16H28N2S/c1-14(2)17-12-16(8-4-5-9-16)13-18(3)11-15-7-6-10-19-15/h6-7,10,14,17H,4-5,8-9,11-13H2,1-3H3. The Morgan fingerprint density at radius 2 is 2.11 bits per heavy atom. The molecule has 19 heavy (non-hydrogen) atoms. The molecule has 1 saturated carbocycles. The number of nitrogens with one attached hydrogen (secondary N) is 1. The summed E-state index contributed by atoms with van der Waals surface area (Å²) in [6.45, 7) is 8.00. The number of nitrogens with zero attached hydrogens (tertiary/aromatic N) is 1. The van der Waals surface area contributed by atoms with Crippen molar-refractivity contribution in [3.63, 3.8) is 0 Å². The molecule has 0 atom stereocenters. The zero-order valence-corrected chi connectivity index (χ0v) is 13.4. The highest BCUT2D eigenvalue weighted by Gasteiger charge is 2.34. The van der Waals surface area contributed by atoms with Crippen LogP contribution in [-0.4, -0.2) is 31.1 Å². The Morgan fingerprint density at radius 3 is 2.68 bits per heavy atom. The Hall–Kier alpha value is -0.380. The molecule has 1 aliphatic carbocycles. The summed E-state index contributed by atoms with van der Waals surface area (Å²) in [4.78, 5) is 3.99. The van der Waals surface area contributed by atoms with Gasteiger partial charge in [0, 0.05) is 30.6 Å². The molecular formula is C16H28N2S. The summed E-state index contributed by atoms with van der Waals surface area (Å²) in [5.41, 5.74) is 0.510. The fraction of sp³-hybridized carbons (Fsp3) is 0.750. The molecule has 0 saturated heterocycles. The maximum atomic E-state index is 3.67. The van der Waals surface area contributed by atoms with E-state index in [0.717, 1.165) is 6.54 Å². The van der Waals surface area contributed by atoms with Crippen LogP contribution >= 0.6 is 11.3 Å². The lowest BCUT2D eigenvalue weighted by atomic mass is 9.85. The summed E-state index contributed by atoms with van der Waals surface area (Å²) in [5, 5.41) is 5.84. The maximum Gasteiger partial charge on any atom is 0.0325 e. The number of hydrogen-bond donors (Lipinski definition) is 1. The molecule has 2 nitrogen and oxygen atoms in total. The molecule has 1 aliphatic rings. The van der Waals surface area contributed by atoms with E-state index in [2.05, 4.69) is 48.6 Å². The molecule has 108 valence electrons. The zero-order chi connectivity index (χ0) is 13.7. The molecule has 1 aromatic heterocycles. The fourth-order valence-corrected chi connectivity index (χ4v) is 4.02. The summed E-state index contributed by atoms with van der Waals surface area (Å²) >= 11 is 1.87. The molecule has 1 aromatic rings. The topological polar surface area (TPSA) is 15.3 Å². The van der Waals surface area contributed by atoms with E-state index in [1.807, 2.05) is 11.3 Å². The van der Waals surface area contributed by atoms with E-state index in [-0.39, 0.29) is 0 Å². The molecule has 3 heteroatoms. The first-order valence-electron chi connectivity index (χ1n) is 7.54. The minimum absolute atomic E-state index is 0.510. The van der Waals surface area contributed by atoms with Crippen molar-refractivity contribution < 1.29 is 0 Å². The van der Waals surface area contributed by atoms with Gasteiger partial charge in [0.25, 0.3) is 0 Å². The fourth-order valence-electron chi connectivity index (χ4n) is 3.23. The molecule has 0 radical (unpaired) electrons. The maximum absolute atomic E-state index is 3.67. The second-order valence-electron chi connectivity index (χ2n) is 6.49. The van der Waals surface area contributed by atoms with Crippen molar-refractivity contribution in [1.29, 1.82) is 0 Å². The van der Waals surface area contributed by atoms with Crippen LogP contribution in [0, 0.1) is 5.41 Å². The van der Waals surface area contributed by atoms with E-state index < -0.39 is 0 Å². The first-order chi connectivity index (χ1) is 9.10. The van der Waals surface area contributed by atoms with E-state index in [0.29, 0.717) is 11.5 Å². The molecule has 0 spiro atoms. The van der Waals surface area contributed by atoms with Crippen LogP contribution in [0.5, 0.6) is 0 Å². The monoisotopic (exact) mass is 280 g/mol. The smallest absolute Gasteiger partial charge is 0.0325 e. The van der Waals surface area contributed by atoms with Crippen LogP contribution in [0.4, 0.5) is 0 Å². The summed E-state index contributed by atoms with van der Waals surface area (Å²) < 4.78 is 0. The van der Waals surface area contributed by atoms with Crippen LogP contribution in [0.25, 0.3) is 0 Å². The number of rotatable bonds is 7. The SMILES string of the molecule is CC(C)NCC1(CN(C)Cc2cccs2)CCCC1. The molecule has 0 aromatic carbocycles. The van der Waals surface area contributed by atoms with Crippen molar-refractivity contribution in [1.82, 2.24) is 10.2 Å². The van der Waals surface area contributed by atoms with Gasteiger partial charge in [-0.25, -0.2) is 0 Å². The van der Waals surface area contributed by atoms with E-state index in [4.69, 9.17) is 0 Å². The summed E-state index contributed by atoms with van der Waals surface area (Å²) in [7, 11) is 2.27. The predicted molar refractivity (Wildman–Crippen MR) is 84.7 cm³/mol. The van der Waals surface area contributed by atoms with Crippen LogP contribution in [0.3, 0.4) is 0 Å². The summed E-state index contributed by atoms with van der Waals surface area (Å²) in [5.74, 6) is 0. The van der Waals surface area contributed by atoms with Gasteiger partial charge >= 0.3 is 0 Å². The van der Waals surface area contributed by atoms with Crippen LogP contribution in [0.1, 0.15) is 44.4 Å². The Morgan fingerprint density at radius 1 is 1.37 bits per heavy atom. The molecule has 1 heterocycles. The lowest BCUT2D eigenvalue weighted by Crippen LogP contribution is -2.42. The van der Waals surface area contributed by atoms with Crippen molar-refractivity contribution in [2.24, 2.45) is 5.41 Å². The number of hydrogen-bond acceptors (Lipinski definition) is 3. The van der Waals surface area contributed by atoms with Crippen molar-refractivity contribution in [2.75, 3.05) is 20.1 Å². The summed E-state index contributed by atoms with van der Waals surface area (Å²) in [6, 6.07) is 4.99. The van der Waals surface area contributed by atoms with E-state index in [9.17, 15) is 0 Å². The number of thiophene rings is 1. The van der Waals surface area contributed by atoms with Crippen molar-refractivity contribution in [3.05, 3.63) is 22.4 Å². The molecule has 0 amide bonds. The second kappa shape index (κ2) is 6.87. The highest BCUT2D eigenvalue weighted by atomic mass is 32.1. The van der Waals surface area contributed by atoms with Crippen molar-refractivity contribution >= 4 is 11.3 Å². The molecular weight excluding hydrogens is 252 g/mol. The van der Waals surface area contributed by atoms with E-state index >= 15 is 0 Å². The van der Waals surface area contributed by atoms with Gasteiger partial charge in [0.1, 0.15) is 0 Å². The Kier molecular flexibility index (Phi) is 5.43. The third-order valence-electron chi connectivity index (χ3n) is 4.16. The van der Waals surface area contributed by atoms with Crippen LogP contribution in [0.15, 0.2) is 17.5 Å². The first kappa shape index (κ1) is 15.0. The lowest BCUT2D eigenvalue weighted by Gasteiger charge is -2.34. The van der Waals surface area contributed by atoms with E-state index in [1.165, 1.54) is 43.6 Å². The lowest BCUT2D eigenvalue weighted by molar-refractivity contribution is 0.165. The predicted octanol–water partition coefficient (Wildman–Crippen LogP) is 3.74. The summed E-state index contributed by atoms with van der Waals surface area (Å²) in [6.07, 6.45) is 5.60.